The van der Waals surface area contributed by atoms with Gasteiger partial charge in [-0.2, -0.15) is 8.78 Å². The van der Waals surface area contributed by atoms with E-state index in [0.717, 1.165) is 29.7 Å². The van der Waals surface area contributed by atoms with E-state index in [9.17, 15) is 23.2 Å². The second-order valence-corrected chi connectivity index (χ2v) is 12.2. The minimum atomic E-state index is -3.14. The molecule has 4 rings (SSSR count). The number of nitrogens with zero attached hydrogens (tertiary/aromatic N) is 2. The number of fused-ring (bicyclic) bond motifs is 1. The Hall–Kier alpha value is -3.34. The van der Waals surface area contributed by atoms with Crippen LogP contribution in [0.4, 0.5) is 13.6 Å². The lowest BCUT2D eigenvalue weighted by molar-refractivity contribution is -0.0508. The number of aromatic nitrogens is 1. The van der Waals surface area contributed by atoms with E-state index in [2.05, 4.69) is 6.58 Å². The van der Waals surface area contributed by atoms with Crippen molar-refractivity contribution in [2.45, 2.75) is 89.0 Å². The number of ether oxygens (including phenoxy) is 3. The van der Waals surface area contributed by atoms with Gasteiger partial charge in [-0.15, -0.1) is 0 Å². The van der Waals surface area contributed by atoms with Crippen LogP contribution >= 0.6 is 11.8 Å². The summed E-state index contributed by atoms with van der Waals surface area (Å²) < 4.78 is 45.0. The summed E-state index contributed by atoms with van der Waals surface area (Å²) in [5.41, 5.74) is -0.391. The molecule has 2 aliphatic rings. The first kappa shape index (κ1) is 30.6. The quantitative estimate of drug-likeness (QED) is 0.289. The molecule has 222 valence electrons. The number of halogens is 2. The third-order valence-corrected chi connectivity index (χ3v) is 8.15. The van der Waals surface area contributed by atoms with E-state index in [4.69, 9.17) is 14.2 Å². The number of amides is 1. The van der Waals surface area contributed by atoms with Gasteiger partial charge in [-0.3, -0.25) is 4.79 Å². The van der Waals surface area contributed by atoms with Gasteiger partial charge in [0.15, 0.2) is 5.75 Å². The molecule has 1 amide bonds. The summed E-state index contributed by atoms with van der Waals surface area (Å²) in [7, 11) is 1.67. The molecule has 0 spiro atoms. The number of hydrogen-bond donors (Lipinski definition) is 0. The van der Waals surface area contributed by atoms with Crippen molar-refractivity contribution in [1.29, 1.82) is 0 Å². The van der Waals surface area contributed by atoms with Crippen molar-refractivity contribution in [3.05, 3.63) is 57.2 Å². The zero-order chi connectivity index (χ0) is 30.1. The standard InChI is InChI=1S/C30H36F2N2O6S/c1-7-18-21(33(6)29(37)40-30(3,4)5)10-9-11-22(18)41-23-15-14-19-24(26(23)39-28(31)32)34(17-12-13-17)16-20(25(19)35)27(36)38-8-2/h7,14-17,21,28H,1,8-13H2,2-6H3. The van der Waals surface area contributed by atoms with Crippen molar-refractivity contribution in [1.82, 2.24) is 9.47 Å². The van der Waals surface area contributed by atoms with E-state index in [1.165, 1.54) is 18.0 Å². The van der Waals surface area contributed by atoms with Gasteiger partial charge in [-0.05, 0) is 82.4 Å². The maximum atomic E-state index is 13.8. The molecular weight excluding hydrogens is 554 g/mol. The number of thioether (sulfide) groups is 1. The maximum absolute atomic E-state index is 13.8. The van der Waals surface area contributed by atoms with Gasteiger partial charge in [-0.1, -0.05) is 24.4 Å². The molecule has 1 saturated carbocycles. The fourth-order valence-corrected chi connectivity index (χ4v) is 6.20. The number of alkyl halides is 2. The lowest BCUT2D eigenvalue weighted by atomic mass is 9.93. The lowest BCUT2D eigenvalue weighted by Gasteiger charge is -2.35. The second kappa shape index (κ2) is 12.3. The van der Waals surface area contributed by atoms with Gasteiger partial charge in [0.1, 0.15) is 11.2 Å². The number of benzene rings is 1. The van der Waals surface area contributed by atoms with Gasteiger partial charge >= 0.3 is 18.7 Å². The van der Waals surface area contributed by atoms with Crippen LogP contribution in [0.2, 0.25) is 0 Å². The molecule has 1 aromatic carbocycles. The topological polar surface area (TPSA) is 87.1 Å². The zero-order valence-electron chi connectivity index (χ0n) is 24.0. The van der Waals surface area contributed by atoms with Crippen LogP contribution in [0.15, 0.2) is 51.2 Å². The highest BCUT2D eigenvalue weighted by Crippen LogP contribution is 2.47. The molecule has 1 aromatic heterocycles. The van der Waals surface area contributed by atoms with Crippen molar-refractivity contribution in [2.75, 3.05) is 13.7 Å². The van der Waals surface area contributed by atoms with Crippen LogP contribution in [0.25, 0.3) is 10.9 Å². The predicted octanol–water partition coefficient (Wildman–Crippen LogP) is 7.07. The largest absolute Gasteiger partial charge is 0.462 e. The van der Waals surface area contributed by atoms with Gasteiger partial charge in [-0.25, -0.2) is 9.59 Å². The molecule has 11 heteroatoms. The van der Waals surface area contributed by atoms with Gasteiger partial charge in [0, 0.05) is 19.3 Å². The molecule has 1 heterocycles. The van der Waals surface area contributed by atoms with Crippen molar-refractivity contribution in [2.24, 2.45) is 0 Å². The van der Waals surface area contributed by atoms with E-state index in [0.29, 0.717) is 17.7 Å². The summed E-state index contributed by atoms with van der Waals surface area (Å²) in [6, 6.07) is 2.74. The van der Waals surface area contributed by atoms with Crippen molar-refractivity contribution >= 4 is 34.7 Å². The summed E-state index contributed by atoms with van der Waals surface area (Å²) in [6.45, 7) is 7.96. The molecule has 2 aromatic rings. The molecule has 0 bridgehead atoms. The Labute approximate surface area is 242 Å². The van der Waals surface area contributed by atoms with E-state index < -0.39 is 29.7 Å². The lowest BCUT2D eigenvalue weighted by Crippen LogP contribution is -2.42. The summed E-state index contributed by atoms with van der Waals surface area (Å²) in [5, 5.41) is 0.103. The molecule has 0 saturated heterocycles. The summed E-state index contributed by atoms with van der Waals surface area (Å²) in [5.74, 6) is -0.882. The molecule has 0 aliphatic heterocycles. The van der Waals surface area contributed by atoms with Crippen LogP contribution in [0.5, 0.6) is 5.75 Å². The first-order chi connectivity index (χ1) is 19.4. The summed E-state index contributed by atoms with van der Waals surface area (Å²) in [4.78, 5) is 41.5. The molecule has 8 nitrogen and oxygen atoms in total. The van der Waals surface area contributed by atoms with Gasteiger partial charge < -0.3 is 23.7 Å². The van der Waals surface area contributed by atoms with Crippen LogP contribution in [-0.4, -0.2) is 53.4 Å². The van der Waals surface area contributed by atoms with E-state index in [1.54, 1.807) is 62.4 Å². The molecule has 0 radical (unpaired) electrons. The average Bonchev–Trinajstić information content (AvgIpc) is 3.74. The molecule has 0 N–H and O–H groups in total. The molecule has 41 heavy (non-hydrogen) atoms. The number of allylic oxidation sites excluding steroid dienone is 1. The number of carbonyl (C=O) groups is 2. The van der Waals surface area contributed by atoms with Crippen LogP contribution in [0.3, 0.4) is 0 Å². The molecule has 1 fully saturated rings. The highest BCUT2D eigenvalue weighted by Gasteiger charge is 2.33. The third-order valence-electron chi connectivity index (χ3n) is 6.92. The minimum Gasteiger partial charge on any atom is -0.462 e. The highest BCUT2D eigenvalue weighted by atomic mass is 32.2. The predicted molar refractivity (Wildman–Crippen MR) is 154 cm³/mol. The highest BCUT2D eigenvalue weighted by molar-refractivity contribution is 8.03. The number of likely N-dealkylation sites (N-methyl/N-ethyl adjacent to an activating group) is 1. The fraction of sp³-hybridized carbons (Fsp3) is 0.500. The molecule has 1 atom stereocenters. The number of rotatable bonds is 9. The fourth-order valence-electron chi connectivity index (χ4n) is 4.98. The van der Waals surface area contributed by atoms with Crippen LogP contribution in [0, 0.1) is 0 Å². The first-order valence-electron chi connectivity index (χ1n) is 13.7. The average molecular weight is 591 g/mol. The van der Waals surface area contributed by atoms with E-state index >= 15 is 0 Å². The Morgan fingerprint density at radius 1 is 1.24 bits per heavy atom. The number of pyridine rings is 1. The number of esters is 1. The van der Waals surface area contributed by atoms with E-state index in [1.807, 2.05) is 0 Å². The van der Waals surface area contributed by atoms with Crippen LogP contribution < -0.4 is 10.2 Å². The van der Waals surface area contributed by atoms with Crippen molar-refractivity contribution in [3.63, 3.8) is 0 Å². The van der Waals surface area contributed by atoms with Gasteiger partial charge in [0.2, 0.25) is 5.43 Å². The van der Waals surface area contributed by atoms with Crippen molar-refractivity contribution < 1.29 is 32.6 Å². The summed E-state index contributed by atoms with van der Waals surface area (Å²) in [6.07, 6.45) is 6.26. The Bertz CT molecular complexity index is 1440. The van der Waals surface area contributed by atoms with Crippen molar-refractivity contribution in [3.8, 4) is 5.75 Å². The number of hydrogen-bond acceptors (Lipinski definition) is 7. The van der Waals surface area contributed by atoms with Gasteiger partial charge in [0.25, 0.3) is 0 Å². The molecular formula is C30H36F2N2O6S. The van der Waals surface area contributed by atoms with Crippen LogP contribution in [0.1, 0.15) is 76.2 Å². The Kier molecular flexibility index (Phi) is 9.16. The number of carbonyl (C=O) groups excluding carboxylic acids is 2. The smallest absolute Gasteiger partial charge is 0.410 e. The Balaban J connectivity index is 1.83. The van der Waals surface area contributed by atoms with E-state index in [-0.39, 0.29) is 40.9 Å². The monoisotopic (exact) mass is 590 g/mol. The normalized spacial score (nSPS) is 17.5. The summed E-state index contributed by atoms with van der Waals surface area (Å²) >= 11 is 1.26. The SMILES string of the molecule is C=CC1=C(Sc2ccc3c(=O)c(C(=O)OCC)cn(C4CC4)c3c2OC(F)F)CCCC1N(C)C(=O)OC(C)(C)C. The zero-order valence-corrected chi connectivity index (χ0v) is 24.8. The first-order valence-corrected chi connectivity index (χ1v) is 14.5. The minimum absolute atomic E-state index is 0.0592. The second-order valence-electron chi connectivity index (χ2n) is 11.1. The Morgan fingerprint density at radius 3 is 2.54 bits per heavy atom. The maximum Gasteiger partial charge on any atom is 0.410 e. The third kappa shape index (κ3) is 6.77. The van der Waals surface area contributed by atoms with Crippen LogP contribution in [-0.2, 0) is 9.47 Å². The molecule has 2 aliphatic carbocycles. The van der Waals surface area contributed by atoms with Gasteiger partial charge in [0.05, 0.1) is 28.4 Å². The molecule has 1 unspecified atom stereocenters. The Morgan fingerprint density at radius 2 is 1.95 bits per heavy atom.